The number of hydrogen-bond donors (Lipinski definition) is 1. The van der Waals surface area contributed by atoms with Gasteiger partial charge in [0.2, 0.25) is 0 Å². The number of halogens is 2. The molecular formula is C13H15F2NO. The first-order valence-corrected chi connectivity index (χ1v) is 6.04. The highest BCUT2D eigenvalue weighted by molar-refractivity contribution is 5.18. The molecule has 0 saturated carbocycles. The summed E-state index contributed by atoms with van der Waals surface area (Å²) in [5.41, 5.74) is 0.644. The molecule has 2 aliphatic rings. The maximum Gasteiger partial charge on any atom is 0.126 e. The zero-order valence-electron chi connectivity index (χ0n) is 9.46. The number of hydrogen-bond acceptors (Lipinski definition) is 2. The van der Waals surface area contributed by atoms with Crippen LogP contribution in [-0.2, 0) is 11.3 Å². The molecule has 4 heteroatoms. The smallest absolute Gasteiger partial charge is 0.126 e. The molecule has 0 aliphatic carbocycles. The van der Waals surface area contributed by atoms with Gasteiger partial charge in [0.05, 0.1) is 12.2 Å². The van der Waals surface area contributed by atoms with Crippen LogP contribution in [0.3, 0.4) is 0 Å². The zero-order valence-corrected chi connectivity index (χ0v) is 9.46. The first-order valence-electron chi connectivity index (χ1n) is 6.04. The van der Waals surface area contributed by atoms with Crippen LogP contribution in [0.2, 0.25) is 0 Å². The lowest BCUT2D eigenvalue weighted by molar-refractivity contribution is 0.0973. The predicted octanol–water partition coefficient (Wildman–Crippen LogP) is 2.37. The number of fused-ring (bicyclic) bond motifs is 2. The predicted molar refractivity (Wildman–Crippen MR) is 59.5 cm³/mol. The minimum Gasteiger partial charge on any atom is -0.373 e. The van der Waals surface area contributed by atoms with Gasteiger partial charge < -0.3 is 10.1 Å². The molecule has 0 radical (unpaired) electrons. The van der Waals surface area contributed by atoms with E-state index < -0.39 is 11.6 Å². The van der Waals surface area contributed by atoms with E-state index in [-0.39, 0.29) is 0 Å². The highest BCUT2D eigenvalue weighted by Gasteiger charge is 2.40. The molecule has 1 N–H and O–H groups in total. The van der Waals surface area contributed by atoms with Crippen LogP contribution in [0, 0.1) is 11.6 Å². The van der Waals surface area contributed by atoms with Crippen LogP contribution in [-0.4, -0.2) is 18.2 Å². The quantitative estimate of drug-likeness (QED) is 0.874. The zero-order chi connectivity index (χ0) is 11.8. The van der Waals surface area contributed by atoms with Gasteiger partial charge in [0, 0.05) is 18.7 Å². The van der Waals surface area contributed by atoms with Crippen LogP contribution in [0.4, 0.5) is 8.78 Å². The second kappa shape index (κ2) is 4.35. The molecule has 1 aromatic carbocycles. The Kier molecular flexibility index (Phi) is 2.84. The summed E-state index contributed by atoms with van der Waals surface area (Å²) in [4.78, 5) is 0. The lowest BCUT2D eigenvalue weighted by Gasteiger charge is -2.20. The Hall–Kier alpha value is -1.00. The maximum atomic E-state index is 13.0. The maximum absolute atomic E-state index is 13.0. The van der Waals surface area contributed by atoms with Crippen LogP contribution in [0.5, 0.6) is 0 Å². The van der Waals surface area contributed by atoms with Crippen molar-refractivity contribution in [2.45, 2.75) is 44.1 Å². The van der Waals surface area contributed by atoms with Crippen molar-refractivity contribution in [2.24, 2.45) is 0 Å². The van der Waals surface area contributed by atoms with Crippen molar-refractivity contribution in [2.75, 3.05) is 0 Å². The molecule has 3 unspecified atom stereocenters. The van der Waals surface area contributed by atoms with E-state index in [1.54, 1.807) is 0 Å². The Morgan fingerprint density at radius 1 is 1.18 bits per heavy atom. The second-order valence-corrected chi connectivity index (χ2v) is 4.87. The Balaban J connectivity index is 1.60. The fourth-order valence-corrected chi connectivity index (χ4v) is 2.81. The number of rotatable bonds is 3. The summed E-state index contributed by atoms with van der Waals surface area (Å²) in [6, 6.07) is 3.96. The van der Waals surface area contributed by atoms with Gasteiger partial charge >= 0.3 is 0 Å². The van der Waals surface area contributed by atoms with E-state index in [9.17, 15) is 8.78 Å². The van der Waals surface area contributed by atoms with Crippen LogP contribution in [0.1, 0.15) is 24.8 Å². The van der Waals surface area contributed by atoms with Gasteiger partial charge in [0.1, 0.15) is 11.6 Å². The van der Waals surface area contributed by atoms with Crippen molar-refractivity contribution in [1.29, 1.82) is 0 Å². The molecule has 2 fully saturated rings. The van der Waals surface area contributed by atoms with Crippen LogP contribution >= 0.6 is 0 Å². The summed E-state index contributed by atoms with van der Waals surface area (Å²) in [6.45, 7) is 0.492. The fourth-order valence-electron chi connectivity index (χ4n) is 2.81. The lowest BCUT2D eigenvalue weighted by Crippen LogP contribution is -2.37. The summed E-state index contributed by atoms with van der Waals surface area (Å²) in [5.74, 6) is -1.04. The molecule has 2 aliphatic heterocycles. The molecular weight excluding hydrogens is 224 g/mol. The van der Waals surface area contributed by atoms with Crippen molar-refractivity contribution in [3.05, 3.63) is 35.4 Å². The molecule has 17 heavy (non-hydrogen) atoms. The Morgan fingerprint density at radius 2 is 1.94 bits per heavy atom. The van der Waals surface area contributed by atoms with Gasteiger partial charge in [-0.3, -0.25) is 0 Å². The van der Waals surface area contributed by atoms with Gasteiger partial charge in [-0.25, -0.2) is 8.78 Å². The molecule has 2 heterocycles. The summed E-state index contributed by atoms with van der Waals surface area (Å²) >= 11 is 0. The molecule has 2 bridgehead atoms. The van der Waals surface area contributed by atoms with E-state index in [1.807, 2.05) is 0 Å². The highest BCUT2D eigenvalue weighted by atomic mass is 19.1. The average molecular weight is 239 g/mol. The van der Waals surface area contributed by atoms with Gasteiger partial charge in [-0.2, -0.15) is 0 Å². The van der Waals surface area contributed by atoms with Gasteiger partial charge in [-0.1, -0.05) is 0 Å². The minimum atomic E-state index is -0.522. The van der Waals surface area contributed by atoms with E-state index in [0.717, 1.165) is 25.3 Å². The van der Waals surface area contributed by atoms with Gasteiger partial charge in [0.15, 0.2) is 0 Å². The molecule has 3 rings (SSSR count). The topological polar surface area (TPSA) is 21.3 Å². The second-order valence-electron chi connectivity index (χ2n) is 4.87. The fraction of sp³-hybridized carbons (Fsp3) is 0.538. The monoisotopic (exact) mass is 239 g/mol. The van der Waals surface area contributed by atoms with Crippen molar-refractivity contribution in [1.82, 2.24) is 5.32 Å². The normalized spacial score (nSPS) is 31.1. The van der Waals surface area contributed by atoms with E-state index >= 15 is 0 Å². The largest absolute Gasteiger partial charge is 0.373 e. The number of benzene rings is 1. The first-order chi connectivity index (χ1) is 8.20. The number of ether oxygens (including phenoxy) is 1. The Morgan fingerprint density at radius 3 is 2.53 bits per heavy atom. The molecule has 92 valence electrons. The molecule has 1 aromatic rings. The van der Waals surface area contributed by atoms with Crippen LogP contribution in [0.15, 0.2) is 18.2 Å². The Labute approximate surface area is 99.0 Å². The number of nitrogens with one attached hydrogen (secondary N) is 1. The van der Waals surface area contributed by atoms with Crippen molar-refractivity contribution < 1.29 is 13.5 Å². The third kappa shape index (κ3) is 2.33. The molecule has 0 aromatic heterocycles. The molecule has 3 atom stereocenters. The molecule has 0 spiro atoms. The summed E-state index contributed by atoms with van der Waals surface area (Å²) in [6.07, 6.45) is 3.94. The van der Waals surface area contributed by atoms with E-state index in [1.165, 1.54) is 12.1 Å². The highest BCUT2D eigenvalue weighted by Crippen LogP contribution is 2.34. The molecule has 2 saturated heterocycles. The summed E-state index contributed by atoms with van der Waals surface area (Å²) in [5, 5.41) is 3.33. The minimum absolute atomic E-state index is 0.290. The molecule has 2 nitrogen and oxygen atoms in total. The van der Waals surface area contributed by atoms with Gasteiger partial charge in [-0.05, 0) is 37.0 Å². The van der Waals surface area contributed by atoms with Crippen molar-refractivity contribution in [3.63, 3.8) is 0 Å². The summed E-state index contributed by atoms with van der Waals surface area (Å²) < 4.78 is 31.7. The van der Waals surface area contributed by atoms with Gasteiger partial charge in [-0.15, -0.1) is 0 Å². The van der Waals surface area contributed by atoms with E-state index in [4.69, 9.17) is 4.74 Å². The lowest BCUT2D eigenvalue weighted by atomic mass is 9.95. The average Bonchev–Trinajstić information content (AvgIpc) is 2.86. The van der Waals surface area contributed by atoms with Crippen molar-refractivity contribution >= 4 is 0 Å². The van der Waals surface area contributed by atoms with E-state index in [0.29, 0.717) is 30.4 Å². The van der Waals surface area contributed by atoms with Crippen LogP contribution < -0.4 is 5.32 Å². The Bertz CT molecular complexity index is 404. The third-order valence-corrected chi connectivity index (χ3v) is 3.60. The molecule has 0 amide bonds. The van der Waals surface area contributed by atoms with Gasteiger partial charge in [0.25, 0.3) is 0 Å². The van der Waals surface area contributed by atoms with Crippen molar-refractivity contribution in [3.8, 4) is 0 Å². The third-order valence-electron chi connectivity index (χ3n) is 3.60. The standard InChI is InChI=1S/C13H15F2NO/c14-9-3-8(4-10(15)5-9)7-16-12-6-11-1-2-13(12)17-11/h3-5,11-13,16H,1-2,6-7H2. The first kappa shape index (κ1) is 11.1. The van der Waals surface area contributed by atoms with E-state index in [2.05, 4.69) is 5.32 Å². The summed E-state index contributed by atoms with van der Waals surface area (Å²) in [7, 11) is 0. The van der Waals surface area contributed by atoms with Crippen LogP contribution in [0.25, 0.3) is 0 Å². The SMILES string of the molecule is Fc1cc(F)cc(CNC2CC3CCC2O3)c1.